The maximum atomic E-state index is 13.8. The van der Waals surface area contributed by atoms with Gasteiger partial charge < -0.3 is 5.32 Å². The van der Waals surface area contributed by atoms with Crippen molar-refractivity contribution in [1.82, 2.24) is 19.3 Å². The van der Waals surface area contributed by atoms with Crippen molar-refractivity contribution in [3.63, 3.8) is 0 Å². The summed E-state index contributed by atoms with van der Waals surface area (Å²) in [6, 6.07) is 23.5. The van der Waals surface area contributed by atoms with Crippen LogP contribution < -0.4 is 5.32 Å². The minimum atomic E-state index is -3.98. The van der Waals surface area contributed by atoms with Gasteiger partial charge in [-0.05, 0) is 65.2 Å². The van der Waals surface area contributed by atoms with Gasteiger partial charge in [-0.1, -0.05) is 53.5 Å². The van der Waals surface area contributed by atoms with Gasteiger partial charge in [-0.25, -0.2) is 18.4 Å². The Bertz CT molecular complexity index is 1720. The standard InChI is InChI=1S/C28H23Cl2N5O2S/c1-31-28-24-14-21(8-10-26(24)33-18-34-28)20-6-4-5-19(13-20)16-35(17-23-7-2-3-12-32-23)38(36,37)27-11-9-22(29)15-25(27)30/h2-15,18H,16-17H2,1H3,(H,31,33,34). The van der Waals surface area contributed by atoms with E-state index in [0.717, 1.165) is 33.4 Å². The molecule has 0 aliphatic rings. The quantitative estimate of drug-likeness (QED) is 0.234. The van der Waals surface area contributed by atoms with Crippen LogP contribution in [0.25, 0.3) is 22.0 Å². The first-order valence-electron chi connectivity index (χ1n) is 11.7. The number of anilines is 1. The van der Waals surface area contributed by atoms with E-state index in [1.54, 1.807) is 18.3 Å². The van der Waals surface area contributed by atoms with Crippen LogP contribution in [0.4, 0.5) is 5.82 Å². The molecule has 0 atom stereocenters. The number of sulfonamides is 1. The van der Waals surface area contributed by atoms with Crippen LogP contribution in [-0.4, -0.2) is 34.7 Å². The normalized spacial score (nSPS) is 11.7. The topological polar surface area (TPSA) is 88.1 Å². The van der Waals surface area contributed by atoms with E-state index < -0.39 is 10.0 Å². The lowest BCUT2D eigenvalue weighted by molar-refractivity contribution is 0.397. The van der Waals surface area contributed by atoms with Crippen LogP contribution in [0.3, 0.4) is 0 Å². The summed E-state index contributed by atoms with van der Waals surface area (Å²) in [6.07, 6.45) is 3.16. The Balaban J connectivity index is 1.52. The Morgan fingerprint density at radius 3 is 2.45 bits per heavy atom. The van der Waals surface area contributed by atoms with Gasteiger partial charge in [0.05, 0.1) is 22.8 Å². The molecule has 0 saturated carbocycles. The van der Waals surface area contributed by atoms with Crippen molar-refractivity contribution < 1.29 is 8.42 Å². The average molecular weight is 564 g/mol. The number of fused-ring (bicyclic) bond motifs is 1. The Labute approximate surface area is 231 Å². The smallest absolute Gasteiger partial charge is 0.245 e. The lowest BCUT2D eigenvalue weighted by atomic mass is 10.0. The van der Waals surface area contributed by atoms with Crippen molar-refractivity contribution in [2.45, 2.75) is 18.0 Å². The number of nitrogens with one attached hydrogen (secondary N) is 1. The molecule has 0 saturated heterocycles. The highest BCUT2D eigenvalue weighted by Crippen LogP contribution is 2.31. The number of hydrogen-bond donors (Lipinski definition) is 1. The monoisotopic (exact) mass is 563 g/mol. The summed E-state index contributed by atoms with van der Waals surface area (Å²) >= 11 is 12.3. The van der Waals surface area contributed by atoms with Crippen LogP contribution in [-0.2, 0) is 23.1 Å². The minimum absolute atomic E-state index is 0.00947. The second-order valence-electron chi connectivity index (χ2n) is 8.57. The molecule has 2 heterocycles. The highest BCUT2D eigenvalue weighted by atomic mass is 35.5. The van der Waals surface area contributed by atoms with E-state index in [1.165, 1.54) is 28.8 Å². The number of nitrogens with zero attached hydrogens (tertiary/aromatic N) is 4. The van der Waals surface area contributed by atoms with Gasteiger partial charge in [-0.3, -0.25) is 4.98 Å². The first kappa shape index (κ1) is 26.1. The van der Waals surface area contributed by atoms with Gasteiger partial charge in [0.15, 0.2) is 0 Å². The number of hydrogen-bond acceptors (Lipinski definition) is 6. The molecule has 3 aromatic carbocycles. The van der Waals surface area contributed by atoms with Crippen LogP contribution in [0, 0.1) is 0 Å². The highest BCUT2D eigenvalue weighted by Gasteiger charge is 2.28. The van der Waals surface area contributed by atoms with E-state index >= 15 is 0 Å². The zero-order valence-electron chi connectivity index (χ0n) is 20.3. The van der Waals surface area contributed by atoms with Gasteiger partial charge >= 0.3 is 0 Å². The lowest BCUT2D eigenvalue weighted by Crippen LogP contribution is -2.30. The molecular weight excluding hydrogens is 541 g/mol. The molecule has 0 amide bonds. The molecule has 10 heteroatoms. The minimum Gasteiger partial charge on any atom is -0.373 e. The number of benzene rings is 3. The summed E-state index contributed by atoms with van der Waals surface area (Å²) in [5.74, 6) is 0.737. The van der Waals surface area contributed by atoms with Crippen LogP contribution in [0.5, 0.6) is 0 Å². The van der Waals surface area contributed by atoms with Gasteiger partial charge in [-0.15, -0.1) is 0 Å². The van der Waals surface area contributed by atoms with E-state index in [1.807, 2.05) is 55.6 Å². The Hall–Kier alpha value is -3.56. The molecule has 0 aliphatic heterocycles. The fourth-order valence-electron chi connectivity index (χ4n) is 4.21. The molecule has 0 bridgehead atoms. The van der Waals surface area contributed by atoms with E-state index in [-0.39, 0.29) is 23.0 Å². The van der Waals surface area contributed by atoms with Crippen LogP contribution >= 0.6 is 23.2 Å². The Kier molecular flexibility index (Phi) is 7.58. The number of rotatable bonds is 8. The van der Waals surface area contributed by atoms with Crippen LogP contribution in [0.1, 0.15) is 11.3 Å². The number of pyridine rings is 1. The van der Waals surface area contributed by atoms with Gasteiger partial charge in [0.2, 0.25) is 10.0 Å². The number of aromatic nitrogens is 3. The van der Waals surface area contributed by atoms with Crippen molar-refractivity contribution in [3.05, 3.63) is 113 Å². The van der Waals surface area contributed by atoms with Crippen molar-refractivity contribution in [1.29, 1.82) is 0 Å². The van der Waals surface area contributed by atoms with E-state index in [4.69, 9.17) is 23.2 Å². The lowest BCUT2D eigenvalue weighted by Gasteiger charge is -2.23. The van der Waals surface area contributed by atoms with Crippen molar-refractivity contribution >= 4 is 49.9 Å². The average Bonchev–Trinajstić information content (AvgIpc) is 2.92. The maximum Gasteiger partial charge on any atom is 0.245 e. The second-order valence-corrected chi connectivity index (χ2v) is 11.3. The van der Waals surface area contributed by atoms with Crippen molar-refractivity contribution in [2.24, 2.45) is 0 Å². The Morgan fingerprint density at radius 1 is 0.842 bits per heavy atom. The molecule has 7 nitrogen and oxygen atoms in total. The first-order chi connectivity index (χ1) is 18.3. The fourth-order valence-corrected chi connectivity index (χ4v) is 6.36. The molecule has 0 spiro atoms. The fraction of sp³-hybridized carbons (Fsp3) is 0.107. The molecule has 2 aromatic heterocycles. The molecule has 0 unspecified atom stereocenters. The van der Waals surface area contributed by atoms with E-state index in [9.17, 15) is 8.42 Å². The molecule has 38 heavy (non-hydrogen) atoms. The molecule has 192 valence electrons. The molecule has 5 aromatic rings. The molecule has 5 rings (SSSR count). The molecule has 0 radical (unpaired) electrons. The number of halogens is 2. The van der Waals surface area contributed by atoms with Crippen molar-refractivity contribution in [3.8, 4) is 11.1 Å². The summed E-state index contributed by atoms with van der Waals surface area (Å²) in [7, 11) is -2.16. The largest absolute Gasteiger partial charge is 0.373 e. The Morgan fingerprint density at radius 2 is 1.68 bits per heavy atom. The predicted molar refractivity (Wildman–Crippen MR) is 152 cm³/mol. The second kappa shape index (κ2) is 11.0. The third-order valence-electron chi connectivity index (χ3n) is 6.07. The highest BCUT2D eigenvalue weighted by molar-refractivity contribution is 7.89. The van der Waals surface area contributed by atoms with Gasteiger partial charge in [-0.2, -0.15) is 4.31 Å². The summed E-state index contributed by atoms with van der Waals surface area (Å²) in [6.45, 7) is 0.190. The van der Waals surface area contributed by atoms with Gasteiger partial charge in [0, 0.05) is 30.2 Å². The summed E-state index contributed by atoms with van der Waals surface area (Å²) < 4.78 is 29.0. The summed E-state index contributed by atoms with van der Waals surface area (Å²) in [5.41, 5.74) is 4.16. The van der Waals surface area contributed by atoms with Gasteiger partial charge in [0.25, 0.3) is 0 Å². The zero-order chi connectivity index (χ0) is 26.7. The predicted octanol–water partition coefficient (Wildman–Crippen LogP) is 6.43. The molecule has 1 N–H and O–H groups in total. The van der Waals surface area contributed by atoms with E-state index in [2.05, 4.69) is 20.3 Å². The van der Waals surface area contributed by atoms with Crippen LogP contribution in [0.15, 0.2) is 96.3 Å². The summed E-state index contributed by atoms with van der Waals surface area (Å²) in [5, 5.41) is 4.42. The molecule has 0 fully saturated rings. The summed E-state index contributed by atoms with van der Waals surface area (Å²) in [4.78, 5) is 13.0. The van der Waals surface area contributed by atoms with E-state index in [0.29, 0.717) is 10.7 Å². The van der Waals surface area contributed by atoms with Gasteiger partial charge in [0.1, 0.15) is 17.0 Å². The zero-order valence-corrected chi connectivity index (χ0v) is 22.7. The van der Waals surface area contributed by atoms with Crippen LogP contribution in [0.2, 0.25) is 10.0 Å². The molecular formula is C28H23Cl2N5O2S. The SMILES string of the molecule is CNc1ncnc2ccc(-c3cccc(CN(Cc4ccccn4)S(=O)(=O)c4ccc(Cl)cc4Cl)c3)cc12. The third kappa shape index (κ3) is 5.49. The maximum absolute atomic E-state index is 13.8. The molecule has 0 aliphatic carbocycles. The third-order valence-corrected chi connectivity index (χ3v) is 8.58. The van der Waals surface area contributed by atoms with Crippen molar-refractivity contribution in [2.75, 3.05) is 12.4 Å². The first-order valence-corrected chi connectivity index (χ1v) is 13.9.